The van der Waals surface area contributed by atoms with Crippen molar-refractivity contribution in [2.24, 2.45) is 5.92 Å². The highest BCUT2D eigenvalue weighted by molar-refractivity contribution is 6.30. The van der Waals surface area contributed by atoms with E-state index >= 15 is 0 Å². The standard InChI is InChI=1S/C35H27ClN2O4/c1-20-19-29-35(26-8-4-5-9-27(26)37-34(35)41)30(32(39)21-11-15-23(36)16-12-21)31(38(29)28-10-6-3-7-25(20)28)33(40)22-13-17-24(42-2)18-14-22/h3-19,29-31H,1-2H3,(H,37,41)/t29-,30+,31-,35-/m0/s1. The molecule has 208 valence electrons. The van der Waals surface area contributed by atoms with Crippen LogP contribution in [0.25, 0.3) is 5.57 Å². The molecular formula is C35H27ClN2O4. The highest BCUT2D eigenvalue weighted by Gasteiger charge is 2.70. The van der Waals surface area contributed by atoms with Gasteiger partial charge in [0.1, 0.15) is 17.2 Å². The van der Waals surface area contributed by atoms with E-state index in [1.165, 1.54) is 0 Å². The molecule has 6 nitrogen and oxygen atoms in total. The van der Waals surface area contributed by atoms with Gasteiger partial charge in [-0.05, 0) is 78.7 Å². The van der Waals surface area contributed by atoms with Crippen LogP contribution in [-0.4, -0.2) is 36.7 Å². The third kappa shape index (κ3) is 3.61. The number of para-hydroxylation sites is 2. The predicted molar refractivity (Wildman–Crippen MR) is 163 cm³/mol. The molecule has 1 fully saturated rings. The van der Waals surface area contributed by atoms with E-state index in [0.717, 1.165) is 16.8 Å². The molecule has 0 aliphatic carbocycles. The summed E-state index contributed by atoms with van der Waals surface area (Å²) in [7, 11) is 1.57. The minimum atomic E-state index is -1.37. The van der Waals surface area contributed by atoms with E-state index in [1.807, 2.05) is 66.4 Å². The van der Waals surface area contributed by atoms with Crippen molar-refractivity contribution in [1.82, 2.24) is 0 Å². The summed E-state index contributed by atoms with van der Waals surface area (Å²) in [4.78, 5) is 46.0. The van der Waals surface area contributed by atoms with Gasteiger partial charge in [0.15, 0.2) is 11.6 Å². The first-order valence-corrected chi connectivity index (χ1v) is 14.2. The second-order valence-corrected chi connectivity index (χ2v) is 11.4. The molecule has 42 heavy (non-hydrogen) atoms. The van der Waals surface area contributed by atoms with Gasteiger partial charge in [-0.3, -0.25) is 14.4 Å². The number of hydrogen-bond donors (Lipinski definition) is 1. The van der Waals surface area contributed by atoms with Crippen molar-refractivity contribution in [2.45, 2.75) is 24.4 Å². The number of fused-ring (bicyclic) bond motifs is 6. The number of carbonyl (C=O) groups excluding carboxylic acids is 3. The van der Waals surface area contributed by atoms with Crippen molar-refractivity contribution in [3.63, 3.8) is 0 Å². The Labute approximate surface area is 248 Å². The van der Waals surface area contributed by atoms with E-state index < -0.39 is 23.4 Å². The number of methoxy groups -OCH3 is 1. The molecule has 1 amide bonds. The minimum absolute atomic E-state index is 0.244. The van der Waals surface area contributed by atoms with Crippen molar-refractivity contribution in [2.75, 3.05) is 17.3 Å². The Morgan fingerprint density at radius 3 is 2.24 bits per heavy atom. The summed E-state index contributed by atoms with van der Waals surface area (Å²) in [6, 6.07) is 27.3. The summed E-state index contributed by atoms with van der Waals surface area (Å²) >= 11 is 6.19. The predicted octanol–water partition coefficient (Wildman–Crippen LogP) is 6.59. The number of nitrogens with zero attached hydrogens (tertiary/aromatic N) is 1. The molecule has 0 saturated carbocycles. The van der Waals surface area contributed by atoms with Gasteiger partial charge in [0.2, 0.25) is 5.91 Å². The number of allylic oxidation sites excluding steroid dienone is 1. The molecule has 0 radical (unpaired) electrons. The number of Topliss-reactive ketones (excluding diaryl/α,β-unsaturated/α-hetero) is 2. The molecule has 4 aromatic carbocycles. The molecule has 4 aromatic rings. The van der Waals surface area contributed by atoms with Crippen LogP contribution in [-0.2, 0) is 10.2 Å². The molecule has 4 atom stereocenters. The molecule has 0 unspecified atom stereocenters. The molecule has 3 aliphatic rings. The van der Waals surface area contributed by atoms with Gasteiger partial charge in [-0.15, -0.1) is 0 Å². The first kappa shape index (κ1) is 26.2. The largest absolute Gasteiger partial charge is 0.497 e. The lowest BCUT2D eigenvalue weighted by atomic mass is 9.64. The summed E-state index contributed by atoms with van der Waals surface area (Å²) in [5.41, 5.74) is 3.58. The Kier molecular flexibility index (Phi) is 6.06. The second kappa shape index (κ2) is 9.71. The van der Waals surface area contributed by atoms with Crippen LogP contribution in [0.2, 0.25) is 5.02 Å². The van der Waals surface area contributed by atoms with Crippen LogP contribution in [0.4, 0.5) is 11.4 Å². The van der Waals surface area contributed by atoms with E-state index in [0.29, 0.717) is 33.1 Å². The third-order valence-electron chi connectivity index (χ3n) is 8.94. The summed E-state index contributed by atoms with van der Waals surface area (Å²) in [6.45, 7) is 2.01. The molecular weight excluding hydrogens is 548 g/mol. The average Bonchev–Trinajstić information content (AvgIpc) is 3.49. The third-order valence-corrected chi connectivity index (χ3v) is 9.19. The van der Waals surface area contributed by atoms with Gasteiger partial charge < -0.3 is 15.0 Å². The van der Waals surface area contributed by atoms with Crippen LogP contribution in [0, 0.1) is 5.92 Å². The molecule has 0 bridgehead atoms. The molecule has 7 rings (SSSR count). The highest BCUT2D eigenvalue weighted by atomic mass is 35.5. The smallest absolute Gasteiger partial charge is 0.238 e. The summed E-state index contributed by atoms with van der Waals surface area (Å²) in [5.74, 6) is -1.25. The maximum absolute atomic E-state index is 14.8. The Balaban J connectivity index is 1.53. The van der Waals surface area contributed by atoms with Gasteiger partial charge in [-0.1, -0.05) is 54.1 Å². The number of ketones is 2. The molecule has 1 N–H and O–H groups in total. The van der Waals surface area contributed by atoms with E-state index in [1.54, 1.807) is 55.6 Å². The molecule has 1 saturated heterocycles. The normalized spacial score (nSPS) is 23.5. The Bertz CT molecular complexity index is 1800. The van der Waals surface area contributed by atoms with Gasteiger partial charge in [0.05, 0.1) is 19.1 Å². The first-order valence-electron chi connectivity index (χ1n) is 13.8. The van der Waals surface area contributed by atoms with Crippen molar-refractivity contribution >= 4 is 46.0 Å². The van der Waals surface area contributed by atoms with Crippen LogP contribution in [0.5, 0.6) is 5.75 Å². The number of rotatable bonds is 5. The molecule has 3 aliphatic heterocycles. The quantitative estimate of drug-likeness (QED) is 0.272. The van der Waals surface area contributed by atoms with Gasteiger partial charge in [0, 0.05) is 33.1 Å². The fourth-order valence-electron chi connectivity index (χ4n) is 7.11. The number of carbonyl (C=O) groups is 3. The first-order chi connectivity index (χ1) is 20.4. The SMILES string of the molecule is COc1ccc(C(=O)[C@@H]2[C@H](C(=O)c3ccc(Cl)cc3)[C@@]3(C(=O)Nc4ccccc43)[C@@H]3C=C(C)c4ccccc4N23)cc1. The maximum atomic E-state index is 14.8. The fraction of sp³-hybridized carbons (Fsp3) is 0.171. The molecule has 7 heteroatoms. The van der Waals surface area contributed by atoms with Crippen LogP contribution in [0.15, 0.2) is 103 Å². The number of nitrogens with one attached hydrogen (secondary N) is 1. The Hall–Kier alpha value is -4.68. The van der Waals surface area contributed by atoms with Crippen LogP contribution in [0.3, 0.4) is 0 Å². The summed E-state index contributed by atoms with van der Waals surface area (Å²) in [6.07, 6.45) is 2.05. The lowest BCUT2D eigenvalue weighted by Crippen LogP contribution is -2.51. The zero-order chi connectivity index (χ0) is 29.2. The summed E-state index contributed by atoms with van der Waals surface area (Å²) < 4.78 is 5.33. The maximum Gasteiger partial charge on any atom is 0.238 e. The van der Waals surface area contributed by atoms with Crippen molar-refractivity contribution < 1.29 is 19.1 Å². The van der Waals surface area contributed by atoms with E-state index in [2.05, 4.69) is 5.32 Å². The zero-order valence-corrected chi connectivity index (χ0v) is 23.8. The average molecular weight is 575 g/mol. The molecule has 3 heterocycles. The van der Waals surface area contributed by atoms with Crippen molar-refractivity contribution in [1.29, 1.82) is 0 Å². The fourth-order valence-corrected chi connectivity index (χ4v) is 7.23. The van der Waals surface area contributed by atoms with Crippen LogP contribution >= 0.6 is 11.6 Å². The Morgan fingerprint density at radius 2 is 1.50 bits per heavy atom. The number of ether oxygens (including phenoxy) is 1. The number of halogens is 1. The van der Waals surface area contributed by atoms with E-state index in [4.69, 9.17) is 16.3 Å². The van der Waals surface area contributed by atoms with Gasteiger partial charge in [-0.25, -0.2) is 0 Å². The lowest BCUT2D eigenvalue weighted by Gasteiger charge is -2.39. The number of benzene rings is 4. The van der Waals surface area contributed by atoms with Crippen LogP contribution in [0.1, 0.15) is 38.8 Å². The highest BCUT2D eigenvalue weighted by Crippen LogP contribution is 2.58. The van der Waals surface area contributed by atoms with Crippen molar-refractivity contribution in [3.05, 3.63) is 130 Å². The summed E-state index contributed by atoms with van der Waals surface area (Å²) in [5, 5.41) is 3.56. The Morgan fingerprint density at radius 1 is 0.857 bits per heavy atom. The molecule has 0 aromatic heterocycles. The minimum Gasteiger partial charge on any atom is -0.497 e. The van der Waals surface area contributed by atoms with Crippen molar-refractivity contribution in [3.8, 4) is 5.75 Å². The monoisotopic (exact) mass is 574 g/mol. The number of amides is 1. The second-order valence-electron chi connectivity index (χ2n) is 11.0. The van der Waals surface area contributed by atoms with Gasteiger partial charge in [-0.2, -0.15) is 0 Å². The van der Waals surface area contributed by atoms with E-state index in [-0.39, 0.29) is 17.5 Å². The lowest BCUT2D eigenvalue weighted by molar-refractivity contribution is -0.121. The topological polar surface area (TPSA) is 75.7 Å². The van der Waals surface area contributed by atoms with E-state index in [9.17, 15) is 14.4 Å². The molecule has 1 spiro atoms. The van der Waals surface area contributed by atoms with Crippen LogP contribution < -0.4 is 15.0 Å². The number of hydrogen-bond acceptors (Lipinski definition) is 5. The number of anilines is 2. The zero-order valence-electron chi connectivity index (χ0n) is 23.0. The van der Waals surface area contributed by atoms with Gasteiger partial charge >= 0.3 is 0 Å². The van der Waals surface area contributed by atoms with Gasteiger partial charge in [0.25, 0.3) is 0 Å².